The highest BCUT2D eigenvalue weighted by Gasteiger charge is 2.16. The summed E-state index contributed by atoms with van der Waals surface area (Å²) < 4.78 is 7.27. The minimum Gasteiger partial charge on any atom is -0.481 e. The van der Waals surface area contributed by atoms with Gasteiger partial charge in [-0.05, 0) is 38.5 Å². The smallest absolute Gasteiger partial charge is 0.266 e. The van der Waals surface area contributed by atoms with Crippen molar-refractivity contribution in [1.82, 2.24) is 9.78 Å². The molecular weight excluding hydrogens is 254 g/mol. The highest BCUT2D eigenvalue weighted by Crippen LogP contribution is 2.15. The number of carbonyl (C=O) groups excluding carboxylic acids is 1. The molecular formula is C15H19N3O2. The largest absolute Gasteiger partial charge is 0.481 e. The zero-order valence-corrected chi connectivity index (χ0v) is 12.2. The van der Waals surface area contributed by atoms with Crippen LogP contribution in [-0.2, 0) is 11.8 Å². The maximum absolute atomic E-state index is 12.1. The molecule has 2 aromatic rings. The standard InChI is InChI=1S/C15H19N3O2/c1-10-6-5-7-13(8-10)20-12(3)15(19)16-14-9-11(2)17-18(14)4/h5-9,12H,1-4H3,(H,16,19). The number of aryl methyl sites for hydroxylation is 3. The molecule has 1 atom stereocenters. The molecule has 106 valence electrons. The summed E-state index contributed by atoms with van der Waals surface area (Å²) in [5, 5.41) is 6.98. The highest BCUT2D eigenvalue weighted by atomic mass is 16.5. The molecule has 0 radical (unpaired) electrons. The number of nitrogens with zero attached hydrogens (tertiary/aromatic N) is 2. The lowest BCUT2D eigenvalue weighted by molar-refractivity contribution is -0.122. The molecule has 0 saturated heterocycles. The zero-order valence-electron chi connectivity index (χ0n) is 12.2. The predicted molar refractivity (Wildman–Crippen MR) is 77.8 cm³/mol. The number of carbonyl (C=O) groups is 1. The van der Waals surface area contributed by atoms with E-state index >= 15 is 0 Å². The minimum absolute atomic E-state index is 0.200. The van der Waals surface area contributed by atoms with Gasteiger partial charge in [0.05, 0.1) is 5.69 Å². The van der Waals surface area contributed by atoms with E-state index in [0.717, 1.165) is 11.3 Å². The van der Waals surface area contributed by atoms with E-state index in [0.29, 0.717) is 11.6 Å². The number of ether oxygens (including phenoxy) is 1. The Hall–Kier alpha value is -2.30. The van der Waals surface area contributed by atoms with Gasteiger partial charge >= 0.3 is 0 Å². The molecule has 1 unspecified atom stereocenters. The van der Waals surface area contributed by atoms with Gasteiger partial charge in [-0.2, -0.15) is 5.10 Å². The van der Waals surface area contributed by atoms with E-state index in [2.05, 4.69) is 10.4 Å². The van der Waals surface area contributed by atoms with Gasteiger partial charge in [-0.3, -0.25) is 9.48 Å². The van der Waals surface area contributed by atoms with Crippen molar-refractivity contribution >= 4 is 11.7 Å². The molecule has 1 amide bonds. The third-order valence-electron chi connectivity index (χ3n) is 2.92. The molecule has 5 nitrogen and oxygen atoms in total. The van der Waals surface area contributed by atoms with Crippen molar-refractivity contribution in [3.8, 4) is 5.75 Å². The van der Waals surface area contributed by atoms with Gasteiger partial charge in [0, 0.05) is 13.1 Å². The SMILES string of the molecule is Cc1cccc(OC(C)C(=O)Nc2cc(C)nn2C)c1. The Balaban J connectivity index is 2.00. The Morgan fingerprint density at radius 3 is 2.70 bits per heavy atom. The molecule has 0 aliphatic rings. The molecule has 0 aliphatic heterocycles. The van der Waals surface area contributed by atoms with Gasteiger partial charge in [0.15, 0.2) is 6.10 Å². The lowest BCUT2D eigenvalue weighted by atomic mass is 10.2. The first-order valence-electron chi connectivity index (χ1n) is 6.50. The summed E-state index contributed by atoms with van der Waals surface area (Å²) in [6, 6.07) is 9.44. The van der Waals surface area contributed by atoms with Crippen LogP contribution in [0.15, 0.2) is 30.3 Å². The molecule has 0 bridgehead atoms. The van der Waals surface area contributed by atoms with Crippen LogP contribution in [0.3, 0.4) is 0 Å². The maximum atomic E-state index is 12.1. The van der Waals surface area contributed by atoms with Crippen molar-refractivity contribution in [2.75, 3.05) is 5.32 Å². The number of benzene rings is 1. The summed E-state index contributed by atoms with van der Waals surface area (Å²) in [4.78, 5) is 12.1. The van der Waals surface area contributed by atoms with Crippen LogP contribution in [0.1, 0.15) is 18.2 Å². The molecule has 20 heavy (non-hydrogen) atoms. The van der Waals surface area contributed by atoms with Crippen LogP contribution in [0.5, 0.6) is 5.75 Å². The van der Waals surface area contributed by atoms with Crippen LogP contribution in [0.25, 0.3) is 0 Å². The lowest BCUT2D eigenvalue weighted by Crippen LogP contribution is -2.30. The first kappa shape index (κ1) is 14.1. The average Bonchev–Trinajstić information content (AvgIpc) is 2.67. The predicted octanol–water partition coefficient (Wildman–Crippen LogP) is 2.44. The Labute approximate surface area is 118 Å². The molecule has 0 saturated carbocycles. The summed E-state index contributed by atoms with van der Waals surface area (Å²) in [5.41, 5.74) is 1.95. The Morgan fingerprint density at radius 1 is 1.35 bits per heavy atom. The van der Waals surface area contributed by atoms with Crippen molar-refractivity contribution in [3.63, 3.8) is 0 Å². The summed E-state index contributed by atoms with van der Waals surface area (Å²) in [6.45, 7) is 5.58. The molecule has 5 heteroatoms. The lowest BCUT2D eigenvalue weighted by Gasteiger charge is -2.15. The molecule has 0 aliphatic carbocycles. The summed E-state index contributed by atoms with van der Waals surface area (Å²) in [6.07, 6.45) is -0.577. The third-order valence-corrected chi connectivity index (χ3v) is 2.92. The first-order chi connectivity index (χ1) is 9.45. The molecule has 1 aromatic carbocycles. The second kappa shape index (κ2) is 5.77. The fourth-order valence-electron chi connectivity index (χ4n) is 1.90. The van der Waals surface area contributed by atoms with E-state index in [9.17, 15) is 4.79 Å². The van der Waals surface area contributed by atoms with E-state index in [1.807, 2.05) is 44.2 Å². The average molecular weight is 273 g/mol. The van der Waals surface area contributed by atoms with Crippen molar-refractivity contribution in [2.45, 2.75) is 26.9 Å². The Kier molecular flexibility index (Phi) is 4.08. The van der Waals surface area contributed by atoms with Crippen LogP contribution in [0.2, 0.25) is 0 Å². The van der Waals surface area contributed by atoms with E-state index in [1.165, 1.54) is 0 Å². The van der Waals surface area contributed by atoms with Crippen LogP contribution in [0.4, 0.5) is 5.82 Å². The second-order valence-electron chi connectivity index (χ2n) is 4.86. The molecule has 2 rings (SSSR count). The van der Waals surface area contributed by atoms with Crippen molar-refractivity contribution in [1.29, 1.82) is 0 Å². The monoisotopic (exact) mass is 273 g/mol. The summed E-state index contributed by atoms with van der Waals surface area (Å²) >= 11 is 0. The van der Waals surface area contributed by atoms with Gasteiger partial charge in [-0.1, -0.05) is 12.1 Å². The number of rotatable bonds is 4. The summed E-state index contributed by atoms with van der Waals surface area (Å²) in [7, 11) is 1.79. The maximum Gasteiger partial charge on any atom is 0.266 e. The van der Waals surface area contributed by atoms with Crippen LogP contribution < -0.4 is 10.1 Å². The van der Waals surface area contributed by atoms with E-state index < -0.39 is 6.10 Å². The van der Waals surface area contributed by atoms with Crippen LogP contribution >= 0.6 is 0 Å². The number of nitrogens with one attached hydrogen (secondary N) is 1. The van der Waals surface area contributed by atoms with E-state index in [-0.39, 0.29) is 5.91 Å². The normalized spacial score (nSPS) is 12.0. The third kappa shape index (κ3) is 3.38. The molecule has 0 fully saturated rings. The van der Waals surface area contributed by atoms with Crippen molar-refractivity contribution < 1.29 is 9.53 Å². The van der Waals surface area contributed by atoms with Crippen molar-refractivity contribution in [3.05, 3.63) is 41.6 Å². The van der Waals surface area contributed by atoms with Gasteiger partial charge in [-0.15, -0.1) is 0 Å². The molecule has 1 heterocycles. The second-order valence-corrected chi connectivity index (χ2v) is 4.86. The van der Waals surface area contributed by atoms with Gasteiger partial charge in [0.25, 0.3) is 5.91 Å². The van der Waals surface area contributed by atoms with Gasteiger partial charge in [0.2, 0.25) is 0 Å². The Morgan fingerprint density at radius 2 is 2.10 bits per heavy atom. The number of amides is 1. The van der Waals surface area contributed by atoms with Gasteiger partial charge in [0.1, 0.15) is 11.6 Å². The number of aromatic nitrogens is 2. The van der Waals surface area contributed by atoms with Gasteiger partial charge < -0.3 is 10.1 Å². The highest BCUT2D eigenvalue weighted by molar-refractivity contribution is 5.93. The van der Waals surface area contributed by atoms with Gasteiger partial charge in [-0.25, -0.2) is 0 Å². The fraction of sp³-hybridized carbons (Fsp3) is 0.333. The zero-order chi connectivity index (χ0) is 14.7. The van der Waals surface area contributed by atoms with Crippen LogP contribution in [-0.4, -0.2) is 21.8 Å². The first-order valence-corrected chi connectivity index (χ1v) is 6.50. The molecule has 1 aromatic heterocycles. The van der Waals surface area contributed by atoms with E-state index in [1.54, 1.807) is 18.7 Å². The van der Waals surface area contributed by atoms with E-state index in [4.69, 9.17) is 4.74 Å². The molecule has 0 spiro atoms. The minimum atomic E-state index is -0.577. The summed E-state index contributed by atoms with van der Waals surface area (Å²) in [5.74, 6) is 1.15. The quantitative estimate of drug-likeness (QED) is 0.931. The Bertz CT molecular complexity index is 619. The number of anilines is 1. The number of hydrogen-bond acceptors (Lipinski definition) is 3. The number of hydrogen-bond donors (Lipinski definition) is 1. The molecule has 1 N–H and O–H groups in total. The topological polar surface area (TPSA) is 56.1 Å². The van der Waals surface area contributed by atoms with Crippen molar-refractivity contribution in [2.24, 2.45) is 7.05 Å². The van der Waals surface area contributed by atoms with Crippen LogP contribution in [0, 0.1) is 13.8 Å². The fourth-order valence-corrected chi connectivity index (χ4v) is 1.90.